The number of fused-ring (bicyclic) bond motifs is 7. The van der Waals surface area contributed by atoms with Crippen LogP contribution in [0.2, 0.25) is 0 Å². The minimum Gasteiger partial charge on any atom is -0.508 e. The Morgan fingerprint density at radius 2 is 1.93 bits per heavy atom. The second kappa shape index (κ2) is 9.59. The highest BCUT2D eigenvalue weighted by atomic mass is 19.1. The summed E-state index contributed by atoms with van der Waals surface area (Å²) in [6.07, 6.45) is 8.40. The number of aromatic nitrogens is 3. The highest BCUT2D eigenvalue weighted by molar-refractivity contribution is 5.94. The zero-order chi connectivity index (χ0) is 28.9. The fourth-order valence-electron chi connectivity index (χ4n) is 9.08. The molecule has 0 spiro atoms. The minimum absolute atomic E-state index is 0.114. The van der Waals surface area contributed by atoms with Gasteiger partial charge in [-0.3, -0.25) is 9.88 Å². The molecule has 2 N–H and O–H groups in total. The van der Waals surface area contributed by atoms with Gasteiger partial charge in [0.05, 0.1) is 16.6 Å². The highest BCUT2D eigenvalue weighted by Gasteiger charge is 2.49. The molecule has 0 saturated carbocycles. The molecule has 3 aromatic rings. The van der Waals surface area contributed by atoms with E-state index < -0.39 is 12.0 Å². The number of nitrogens with zero attached hydrogens (tertiary/aromatic N) is 6. The monoisotopic (exact) mass is 589 g/mol. The number of rotatable bonds is 5. The Balaban J connectivity index is 1.15. The van der Waals surface area contributed by atoms with Crippen LogP contribution < -0.4 is 19.9 Å². The maximum atomic E-state index is 16.8. The van der Waals surface area contributed by atoms with Gasteiger partial charge in [0, 0.05) is 62.5 Å². The molecule has 11 heteroatoms. The highest BCUT2D eigenvalue weighted by Crippen LogP contribution is 2.47. The van der Waals surface area contributed by atoms with E-state index in [2.05, 4.69) is 30.0 Å². The molecule has 226 valence electrons. The number of ether oxygens (including phenoxy) is 1. The minimum atomic E-state index is -0.862. The first-order valence-corrected chi connectivity index (χ1v) is 16.0. The average molecular weight is 590 g/mol. The summed E-state index contributed by atoms with van der Waals surface area (Å²) >= 11 is 0. The number of hydrogen-bond donors (Lipinski definition) is 2. The Hall–Kier alpha value is -3.31. The van der Waals surface area contributed by atoms with Gasteiger partial charge in [0.15, 0.2) is 5.82 Å². The van der Waals surface area contributed by atoms with Crippen molar-refractivity contribution in [2.75, 3.05) is 49.1 Å². The summed E-state index contributed by atoms with van der Waals surface area (Å²) in [6.45, 7) is 4.03. The van der Waals surface area contributed by atoms with E-state index in [1.54, 1.807) is 18.3 Å². The first-order valence-electron chi connectivity index (χ1n) is 16.0. The number of piperazine rings is 1. The quantitative estimate of drug-likeness (QED) is 0.459. The molecule has 2 aromatic heterocycles. The molecule has 3 unspecified atom stereocenters. The zero-order valence-electron chi connectivity index (χ0n) is 24.2. The lowest BCUT2D eigenvalue weighted by atomic mass is 9.95. The number of pyridine rings is 1. The predicted octanol–water partition coefficient (Wildman–Crippen LogP) is 3.96. The van der Waals surface area contributed by atoms with Crippen molar-refractivity contribution in [2.24, 2.45) is 0 Å². The molecule has 5 fully saturated rings. The number of anilines is 2. The van der Waals surface area contributed by atoms with E-state index in [4.69, 9.17) is 9.72 Å². The Morgan fingerprint density at radius 1 is 1.07 bits per heavy atom. The fraction of sp³-hybridized carbons (Fsp3) is 0.594. The van der Waals surface area contributed by atoms with Gasteiger partial charge in [-0.15, -0.1) is 0 Å². The van der Waals surface area contributed by atoms with Gasteiger partial charge in [-0.1, -0.05) is 0 Å². The standard InChI is InChI=1S/C32H37F2N7O2/c33-19-12-32(6-2-7-40(32)14-19)17-43-31-37-28-25(30(38-31)39-15-20-4-5-21(16-39)36-20)13-35-27(26(28)34)24-11-23(42)10-18-9-22-3-1-8-41(22)29(18)24/h10-11,13,19-22,36,42H,1-9,12,14-17H2/t19-,20?,21?,22?,32+/m1/s1. The number of nitrogens with one attached hydrogen (secondary N) is 1. The average Bonchev–Trinajstić information content (AvgIpc) is 3.79. The maximum absolute atomic E-state index is 16.8. The van der Waals surface area contributed by atoms with Crippen molar-refractivity contribution in [3.63, 3.8) is 0 Å². The van der Waals surface area contributed by atoms with Gasteiger partial charge >= 0.3 is 6.01 Å². The largest absolute Gasteiger partial charge is 0.508 e. The van der Waals surface area contributed by atoms with Crippen molar-refractivity contribution in [3.8, 4) is 23.0 Å². The number of aromatic hydroxyl groups is 1. The molecule has 43 heavy (non-hydrogen) atoms. The van der Waals surface area contributed by atoms with Crippen molar-refractivity contribution in [2.45, 2.75) is 81.2 Å². The second-order valence-corrected chi connectivity index (χ2v) is 13.6. The molecule has 5 saturated heterocycles. The van der Waals surface area contributed by atoms with E-state index in [-0.39, 0.29) is 35.1 Å². The number of benzene rings is 1. The van der Waals surface area contributed by atoms with Crippen LogP contribution in [0, 0.1) is 5.82 Å². The number of phenols is 1. The molecular formula is C32H37F2N7O2. The Kier molecular flexibility index (Phi) is 5.83. The van der Waals surface area contributed by atoms with Crippen molar-refractivity contribution in [3.05, 3.63) is 29.7 Å². The van der Waals surface area contributed by atoms with Gasteiger partial charge in [-0.05, 0) is 69.2 Å². The first kappa shape index (κ1) is 26.1. The Morgan fingerprint density at radius 3 is 2.79 bits per heavy atom. The van der Waals surface area contributed by atoms with Gasteiger partial charge in [-0.2, -0.15) is 9.97 Å². The topological polar surface area (TPSA) is 89.9 Å². The number of hydrogen-bond acceptors (Lipinski definition) is 9. The second-order valence-electron chi connectivity index (χ2n) is 13.6. The molecule has 9 nitrogen and oxygen atoms in total. The van der Waals surface area contributed by atoms with Crippen LogP contribution in [0.3, 0.4) is 0 Å². The Bertz CT molecular complexity index is 1610. The summed E-state index contributed by atoms with van der Waals surface area (Å²) in [5.74, 6) is 0.209. The van der Waals surface area contributed by atoms with Crippen LogP contribution in [0.1, 0.15) is 50.5 Å². The molecule has 6 aliphatic heterocycles. The van der Waals surface area contributed by atoms with E-state index in [0.29, 0.717) is 47.9 Å². The van der Waals surface area contributed by atoms with Gasteiger partial charge in [-0.25, -0.2) is 8.78 Å². The summed E-state index contributed by atoms with van der Waals surface area (Å²) in [6, 6.07) is 4.65. The molecule has 5 atom stereocenters. The normalized spacial score (nSPS) is 31.2. The maximum Gasteiger partial charge on any atom is 0.319 e. The van der Waals surface area contributed by atoms with E-state index in [1.807, 2.05) is 0 Å². The van der Waals surface area contributed by atoms with Crippen molar-refractivity contribution in [1.29, 1.82) is 0 Å². The zero-order valence-corrected chi connectivity index (χ0v) is 24.2. The van der Waals surface area contributed by atoms with Crippen molar-refractivity contribution in [1.82, 2.24) is 25.2 Å². The van der Waals surface area contributed by atoms with E-state index in [0.717, 1.165) is 82.4 Å². The predicted molar refractivity (Wildman–Crippen MR) is 159 cm³/mol. The molecule has 1 aromatic carbocycles. The van der Waals surface area contributed by atoms with Crippen LogP contribution in [0.5, 0.6) is 11.8 Å². The van der Waals surface area contributed by atoms with E-state index >= 15 is 4.39 Å². The molecule has 0 aliphatic carbocycles. The molecule has 8 heterocycles. The molecular weight excluding hydrogens is 552 g/mol. The molecule has 0 radical (unpaired) electrons. The van der Waals surface area contributed by atoms with E-state index in [9.17, 15) is 9.50 Å². The van der Waals surface area contributed by atoms with E-state index in [1.165, 1.54) is 0 Å². The summed E-state index contributed by atoms with van der Waals surface area (Å²) in [5, 5.41) is 14.8. The van der Waals surface area contributed by atoms with Crippen LogP contribution in [0.25, 0.3) is 22.2 Å². The number of phenolic OH excluding ortho intramolecular Hbond substituents is 1. The number of halogens is 2. The molecule has 9 rings (SSSR count). The fourth-order valence-corrected chi connectivity index (χ4v) is 9.08. The summed E-state index contributed by atoms with van der Waals surface area (Å²) < 4.78 is 37.5. The first-order chi connectivity index (χ1) is 20.9. The van der Waals surface area contributed by atoms with Crippen LogP contribution in [-0.4, -0.2) is 94.1 Å². The SMILES string of the molecule is Oc1cc2c(c(-c3ncc4c(N5CC6CCC(C5)N6)nc(OC[C@@]56CCCN5C[C@H](F)C6)nc4c3F)c1)N1CCCC1C2. The summed E-state index contributed by atoms with van der Waals surface area (Å²) in [5.41, 5.74) is 2.59. The molecule has 2 bridgehead atoms. The lowest BCUT2D eigenvalue weighted by Gasteiger charge is -2.34. The van der Waals surface area contributed by atoms with Crippen molar-refractivity contribution < 1.29 is 18.6 Å². The molecule has 0 amide bonds. The van der Waals surface area contributed by atoms with Gasteiger partial charge in [0.2, 0.25) is 0 Å². The van der Waals surface area contributed by atoms with Gasteiger partial charge in [0.25, 0.3) is 0 Å². The third-order valence-electron chi connectivity index (χ3n) is 10.9. The third-order valence-corrected chi connectivity index (χ3v) is 10.9. The van der Waals surface area contributed by atoms with Gasteiger partial charge in [0.1, 0.15) is 35.6 Å². The summed E-state index contributed by atoms with van der Waals surface area (Å²) in [7, 11) is 0. The lowest BCUT2D eigenvalue weighted by Crippen LogP contribution is -2.51. The Labute approximate surface area is 249 Å². The van der Waals surface area contributed by atoms with Gasteiger partial charge < -0.3 is 25.0 Å². The van der Waals surface area contributed by atoms with Crippen LogP contribution in [0.15, 0.2) is 18.3 Å². The van der Waals surface area contributed by atoms with Crippen molar-refractivity contribution >= 4 is 22.4 Å². The lowest BCUT2D eigenvalue weighted by molar-refractivity contribution is 0.107. The summed E-state index contributed by atoms with van der Waals surface area (Å²) in [4.78, 5) is 21.0. The van der Waals surface area contributed by atoms with Crippen LogP contribution >= 0.6 is 0 Å². The van der Waals surface area contributed by atoms with Crippen LogP contribution in [0.4, 0.5) is 20.3 Å². The third kappa shape index (κ3) is 4.10. The van der Waals surface area contributed by atoms with Crippen LogP contribution in [-0.2, 0) is 6.42 Å². The smallest absolute Gasteiger partial charge is 0.319 e. The number of alkyl halides is 1. The molecule has 6 aliphatic rings.